The Kier molecular flexibility index (Phi) is 7.34. The van der Waals surface area contributed by atoms with Gasteiger partial charge in [-0.2, -0.15) is 0 Å². The van der Waals surface area contributed by atoms with E-state index >= 15 is 0 Å². The van der Waals surface area contributed by atoms with Gasteiger partial charge in [-0.25, -0.2) is 4.79 Å². The standard InChI is InChI=1S/C17H19NO5/c1-4-12-7-9-13(10-8-12)16(20)18-14(17(21)23-6-3)11-15(19)22-5-2/h1,7-10,14H,5-6,11H2,2-3H3,(H,18,20)/t14-/m0/s1. The maximum Gasteiger partial charge on any atom is 0.329 e. The molecule has 0 saturated carbocycles. The Balaban J connectivity index is 2.81. The SMILES string of the molecule is C#Cc1ccc(C(=O)N[C@@H](CC(=O)OCC)C(=O)OCC)cc1. The van der Waals surface area contributed by atoms with Crippen molar-refractivity contribution in [2.45, 2.75) is 26.3 Å². The molecule has 0 heterocycles. The highest BCUT2D eigenvalue weighted by Crippen LogP contribution is 2.06. The third-order valence-electron chi connectivity index (χ3n) is 2.87. The van der Waals surface area contributed by atoms with E-state index in [-0.39, 0.29) is 19.6 Å². The summed E-state index contributed by atoms with van der Waals surface area (Å²) < 4.78 is 9.67. The van der Waals surface area contributed by atoms with Crippen LogP contribution in [0.15, 0.2) is 24.3 Å². The van der Waals surface area contributed by atoms with Gasteiger partial charge in [-0.1, -0.05) is 5.92 Å². The van der Waals surface area contributed by atoms with Crippen molar-refractivity contribution in [1.29, 1.82) is 0 Å². The molecule has 6 nitrogen and oxygen atoms in total. The largest absolute Gasteiger partial charge is 0.466 e. The summed E-state index contributed by atoms with van der Waals surface area (Å²) >= 11 is 0. The van der Waals surface area contributed by atoms with Crippen LogP contribution in [0.2, 0.25) is 0 Å². The first kappa shape index (κ1) is 18.2. The number of carbonyl (C=O) groups excluding carboxylic acids is 3. The van der Waals surface area contributed by atoms with Crippen molar-refractivity contribution in [3.63, 3.8) is 0 Å². The molecule has 0 aliphatic rings. The first-order valence-corrected chi connectivity index (χ1v) is 7.21. The summed E-state index contributed by atoms with van der Waals surface area (Å²) in [5.41, 5.74) is 0.956. The number of hydrogen-bond donors (Lipinski definition) is 1. The lowest BCUT2D eigenvalue weighted by atomic mass is 10.1. The van der Waals surface area contributed by atoms with Gasteiger partial charge >= 0.3 is 11.9 Å². The van der Waals surface area contributed by atoms with Crippen LogP contribution in [0.3, 0.4) is 0 Å². The summed E-state index contributed by atoms with van der Waals surface area (Å²) in [5, 5.41) is 2.48. The Bertz CT molecular complexity index is 600. The molecular formula is C17H19NO5. The molecule has 23 heavy (non-hydrogen) atoms. The number of ether oxygens (including phenoxy) is 2. The molecule has 0 aliphatic heterocycles. The van der Waals surface area contributed by atoms with Gasteiger partial charge in [0.1, 0.15) is 6.04 Å². The minimum atomic E-state index is -1.10. The first-order valence-electron chi connectivity index (χ1n) is 7.21. The fourth-order valence-electron chi connectivity index (χ4n) is 1.78. The molecule has 0 spiro atoms. The van der Waals surface area contributed by atoms with Crippen molar-refractivity contribution < 1.29 is 23.9 Å². The van der Waals surface area contributed by atoms with E-state index in [2.05, 4.69) is 11.2 Å². The highest BCUT2D eigenvalue weighted by molar-refractivity contribution is 5.97. The molecule has 1 rings (SSSR count). The van der Waals surface area contributed by atoms with Crippen molar-refractivity contribution in [3.05, 3.63) is 35.4 Å². The van der Waals surface area contributed by atoms with Crippen LogP contribution in [0, 0.1) is 12.3 Å². The van der Waals surface area contributed by atoms with Crippen LogP contribution in [0.5, 0.6) is 0 Å². The topological polar surface area (TPSA) is 81.7 Å². The molecule has 1 N–H and O–H groups in total. The zero-order chi connectivity index (χ0) is 17.2. The summed E-state index contributed by atoms with van der Waals surface area (Å²) in [4.78, 5) is 35.6. The molecule has 0 bridgehead atoms. The molecule has 1 aromatic rings. The van der Waals surface area contributed by atoms with Crippen LogP contribution >= 0.6 is 0 Å². The Morgan fingerprint density at radius 3 is 2.26 bits per heavy atom. The number of benzene rings is 1. The maximum atomic E-state index is 12.2. The van der Waals surface area contributed by atoms with E-state index < -0.39 is 23.9 Å². The highest BCUT2D eigenvalue weighted by atomic mass is 16.5. The second-order valence-electron chi connectivity index (χ2n) is 4.51. The van der Waals surface area contributed by atoms with Gasteiger partial charge in [0.15, 0.2) is 0 Å². The molecule has 122 valence electrons. The second-order valence-corrected chi connectivity index (χ2v) is 4.51. The molecule has 6 heteroatoms. The maximum absolute atomic E-state index is 12.2. The number of nitrogens with one attached hydrogen (secondary N) is 1. The number of esters is 2. The Labute approximate surface area is 135 Å². The van der Waals surface area contributed by atoms with Gasteiger partial charge in [0.05, 0.1) is 19.6 Å². The van der Waals surface area contributed by atoms with Gasteiger partial charge in [0.25, 0.3) is 5.91 Å². The Morgan fingerprint density at radius 2 is 1.74 bits per heavy atom. The van der Waals surface area contributed by atoms with Crippen LogP contribution in [-0.4, -0.2) is 37.1 Å². The number of amides is 1. The van der Waals surface area contributed by atoms with Crippen LogP contribution in [0.4, 0.5) is 0 Å². The molecule has 1 aromatic carbocycles. The summed E-state index contributed by atoms with van der Waals surface area (Å²) in [6.07, 6.45) is 4.96. The van der Waals surface area contributed by atoms with E-state index in [1.807, 2.05) is 0 Å². The summed E-state index contributed by atoms with van der Waals surface area (Å²) in [6.45, 7) is 3.63. The van der Waals surface area contributed by atoms with Crippen molar-refractivity contribution >= 4 is 17.8 Å². The summed E-state index contributed by atoms with van der Waals surface area (Å²) in [6, 6.07) is 5.20. The average molecular weight is 317 g/mol. The van der Waals surface area contributed by atoms with Gasteiger partial charge in [-0.15, -0.1) is 6.42 Å². The van der Waals surface area contributed by atoms with Crippen molar-refractivity contribution in [2.24, 2.45) is 0 Å². The Hall–Kier alpha value is -2.81. The number of rotatable bonds is 7. The van der Waals surface area contributed by atoms with Gasteiger partial charge in [-0.05, 0) is 38.1 Å². The summed E-state index contributed by atoms with van der Waals surface area (Å²) in [5.74, 6) is 0.663. The van der Waals surface area contributed by atoms with E-state index in [9.17, 15) is 14.4 Å². The van der Waals surface area contributed by atoms with Crippen LogP contribution in [-0.2, 0) is 19.1 Å². The summed E-state index contributed by atoms with van der Waals surface area (Å²) in [7, 11) is 0. The lowest BCUT2D eigenvalue weighted by molar-refractivity contribution is -0.152. The lowest BCUT2D eigenvalue weighted by Gasteiger charge is -2.16. The van der Waals surface area contributed by atoms with E-state index in [1.54, 1.807) is 26.0 Å². The lowest BCUT2D eigenvalue weighted by Crippen LogP contribution is -2.43. The molecule has 0 radical (unpaired) electrons. The fraction of sp³-hybridized carbons (Fsp3) is 0.353. The molecule has 0 aliphatic carbocycles. The van der Waals surface area contributed by atoms with Crippen LogP contribution < -0.4 is 5.32 Å². The molecular weight excluding hydrogens is 298 g/mol. The highest BCUT2D eigenvalue weighted by Gasteiger charge is 2.26. The molecule has 1 amide bonds. The minimum absolute atomic E-state index is 0.144. The predicted octanol–water partition coefficient (Wildman–Crippen LogP) is 1.28. The van der Waals surface area contributed by atoms with Crippen LogP contribution in [0.25, 0.3) is 0 Å². The first-order chi connectivity index (χ1) is 11.0. The van der Waals surface area contributed by atoms with Crippen molar-refractivity contribution in [3.8, 4) is 12.3 Å². The fourth-order valence-corrected chi connectivity index (χ4v) is 1.78. The smallest absolute Gasteiger partial charge is 0.329 e. The number of terminal acetylenes is 1. The van der Waals surface area contributed by atoms with Crippen molar-refractivity contribution in [1.82, 2.24) is 5.32 Å². The zero-order valence-corrected chi connectivity index (χ0v) is 13.1. The van der Waals surface area contributed by atoms with Crippen LogP contribution in [0.1, 0.15) is 36.2 Å². The normalized spacial score (nSPS) is 11.0. The monoisotopic (exact) mass is 317 g/mol. The molecule has 0 aromatic heterocycles. The quantitative estimate of drug-likeness (QED) is 0.605. The third-order valence-corrected chi connectivity index (χ3v) is 2.87. The molecule has 0 unspecified atom stereocenters. The van der Waals surface area contributed by atoms with E-state index in [0.29, 0.717) is 11.1 Å². The van der Waals surface area contributed by atoms with E-state index in [0.717, 1.165) is 0 Å². The molecule has 1 atom stereocenters. The second kappa shape index (κ2) is 9.26. The third kappa shape index (κ3) is 5.83. The Morgan fingerprint density at radius 1 is 1.13 bits per heavy atom. The van der Waals surface area contributed by atoms with E-state index in [4.69, 9.17) is 15.9 Å². The van der Waals surface area contributed by atoms with Gasteiger partial charge in [0.2, 0.25) is 0 Å². The molecule has 0 saturated heterocycles. The minimum Gasteiger partial charge on any atom is -0.466 e. The number of carbonyl (C=O) groups is 3. The van der Waals surface area contributed by atoms with Gasteiger partial charge < -0.3 is 14.8 Å². The van der Waals surface area contributed by atoms with Gasteiger partial charge in [0, 0.05) is 11.1 Å². The predicted molar refractivity (Wildman–Crippen MR) is 83.5 cm³/mol. The number of hydrogen-bond acceptors (Lipinski definition) is 5. The van der Waals surface area contributed by atoms with Crippen molar-refractivity contribution in [2.75, 3.05) is 13.2 Å². The molecule has 0 fully saturated rings. The average Bonchev–Trinajstić information content (AvgIpc) is 2.54. The van der Waals surface area contributed by atoms with Gasteiger partial charge in [-0.3, -0.25) is 9.59 Å². The van der Waals surface area contributed by atoms with E-state index in [1.165, 1.54) is 12.1 Å². The zero-order valence-electron chi connectivity index (χ0n) is 13.1.